The van der Waals surface area contributed by atoms with Crippen LogP contribution in [0.5, 0.6) is 0 Å². The molecule has 5 heteroatoms. The maximum absolute atomic E-state index is 11.3. The largest absolute Gasteiger partial charge is 0.379 e. The lowest BCUT2D eigenvalue weighted by Gasteiger charge is -2.10. The van der Waals surface area contributed by atoms with Crippen molar-refractivity contribution in [1.29, 1.82) is 0 Å². The minimum atomic E-state index is -3.09. The van der Waals surface area contributed by atoms with Gasteiger partial charge in [0.15, 0.2) is 0 Å². The highest BCUT2D eigenvalue weighted by molar-refractivity contribution is 7.90. The summed E-state index contributed by atoms with van der Waals surface area (Å²) < 4.78 is 30.6. The standard InChI is InChI=1S/C10H23NO3S/c1-9(2)14-8-6-5-7-11-15(12,13)10(3)4/h9-11H,5-8H2,1-4H3. The summed E-state index contributed by atoms with van der Waals surface area (Å²) in [7, 11) is -3.09. The molecule has 92 valence electrons. The van der Waals surface area contributed by atoms with Crippen LogP contribution in [0.4, 0.5) is 0 Å². The summed E-state index contributed by atoms with van der Waals surface area (Å²) in [6.45, 7) is 8.51. The predicted octanol–water partition coefficient (Wildman–Crippen LogP) is 1.52. The third-order valence-corrected chi connectivity index (χ3v) is 3.79. The van der Waals surface area contributed by atoms with E-state index in [1.807, 2.05) is 13.8 Å². The zero-order valence-electron chi connectivity index (χ0n) is 10.1. The van der Waals surface area contributed by atoms with E-state index >= 15 is 0 Å². The summed E-state index contributed by atoms with van der Waals surface area (Å²) >= 11 is 0. The maximum Gasteiger partial charge on any atom is 0.213 e. The minimum absolute atomic E-state index is 0.248. The van der Waals surface area contributed by atoms with Gasteiger partial charge in [0.05, 0.1) is 11.4 Å². The predicted molar refractivity (Wildman–Crippen MR) is 62.4 cm³/mol. The van der Waals surface area contributed by atoms with E-state index in [4.69, 9.17) is 4.74 Å². The van der Waals surface area contributed by atoms with Gasteiger partial charge in [-0.05, 0) is 40.5 Å². The summed E-state index contributed by atoms with van der Waals surface area (Å²) in [5.41, 5.74) is 0. The lowest BCUT2D eigenvalue weighted by atomic mass is 10.3. The van der Waals surface area contributed by atoms with Crippen molar-refractivity contribution in [3.8, 4) is 0 Å². The van der Waals surface area contributed by atoms with Gasteiger partial charge < -0.3 is 4.74 Å². The Hall–Kier alpha value is -0.130. The van der Waals surface area contributed by atoms with Crippen LogP contribution < -0.4 is 4.72 Å². The van der Waals surface area contributed by atoms with E-state index in [9.17, 15) is 8.42 Å². The average molecular weight is 237 g/mol. The molecule has 0 rings (SSSR count). The van der Waals surface area contributed by atoms with Gasteiger partial charge in [0.1, 0.15) is 0 Å². The number of sulfonamides is 1. The first kappa shape index (κ1) is 14.9. The summed E-state index contributed by atoms with van der Waals surface area (Å²) in [6, 6.07) is 0. The number of nitrogens with one attached hydrogen (secondary N) is 1. The molecule has 0 aromatic heterocycles. The molecule has 0 radical (unpaired) electrons. The summed E-state index contributed by atoms with van der Waals surface area (Å²) in [5.74, 6) is 0. The van der Waals surface area contributed by atoms with Gasteiger partial charge in [-0.25, -0.2) is 13.1 Å². The summed E-state index contributed by atoms with van der Waals surface area (Å²) in [6.07, 6.45) is 1.95. The van der Waals surface area contributed by atoms with Crippen LogP contribution in [0, 0.1) is 0 Å². The Labute approximate surface area is 93.4 Å². The first-order chi connectivity index (χ1) is 6.86. The normalized spacial score (nSPS) is 12.7. The fraction of sp³-hybridized carbons (Fsp3) is 1.00. The van der Waals surface area contributed by atoms with Gasteiger partial charge in [0.25, 0.3) is 0 Å². The highest BCUT2D eigenvalue weighted by Gasteiger charge is 2.13. The first-order valence-electron chi connectivity index (χ1n) is 5.46. The zero-order valence-corrected chi connectivity index (χ0v) is 10.9. The van der Waals surface area contributed by atoms with Crippen molar-refractivity contribution in [1.82, 2.24) is 4.72 Å². The van der Waals surface area contributed by atoms with E-state index < -0.39 is 10.0 Å². The fourth-order valence-corrected chi connectivity index (χ4v) is 1.69. The monoisotopic (exact) mass is 237 g/mol. The summed E-state index contributed by atoms with van der Waals surface area (Å²) in [4.78, 5) is 0. The molecule has 0 unspecified atom stereocenters. The first-order valence-corrected chi connectivity index (χ1v) is 7.01. The average Bonchev–Trinajstić information content (AvgIpc) is 2.10. The van der Waals surface area contributed by atoms with Crippen molar-refractivity contribution in [2.24, 2.45) is 0 Å². The molecule has 4 nitrogen and oxygen atoms in total. The Kier molecular flexibility index (Phi) is 7.13. The van der Waals surface area contributed by atoms with Crippen LogP contribution in [0.2, 0.25) is 0 Å². The van der Waals surface area contributed by atoms with Crippen LogP contribution >= 0.6 is 0 Å². The fourth-order valence-electron chi connectivity index (χ4n) is 0.927. The van der Waals surface area contributed by atoms with Gasteiger partial charge in [-0.1, -0.05) is 0 Å². The quantitative estimate of drug-likeness (QED) is 0.651. The van der Waals surface area contributed by atoms with Crippen LogP contribution in [-0.2, 0) is 14.8 Å². The molecule has 0 atom stereocenters. The van der Waals surface area contributed by atoms with Gasteiger partial charge in [0, 0.05) is 13.2 Å². The molecule has 0 saturated heterocycles. The number of ether oxygens (including phenoxy) is 1. The molecule has 0 spiro atoms. The van der Waals surface area contributed by atoms with E-state index in [1.165, 1.54) is 0 Å². The molecule has 0 heterocycles. The van der Waals surface area contributed by atoms with Crippen molar-refractivity contribution in [3.63, 3.8) is 0 Å². The molecule has 0 fully saturated rings. The molecule has 0 aliphatic rings. The van der Waals surface area contributed by atoms with Gasteiger partial charge in [-0.15, -0.1) is 0 Å². The van der Waals surface area contributed by atoms with Crippen LogP contribution in [0.25, 0.3) is 0 Å². The molecule has 0 amide bonds. The number of hydrogen-bond donors (Lipinski definition) is 1. The zero-order chi connectivity index (χ0) is 11.9. The van der Waals surface area contributed by atoms with E-state index in [1.54, 1.807) is 13.8 Å². The maximum atomic E-state index is 11.3. The minimum Gasteiger partial charge on any atom is -0.379 e. The topological polar surface area (TPSA) is 55.4 Å². The van der Waals surface area contributed by atoms with Crippen molar-refractivity contribution < 1.29 is 13.2 Å². The second-order valence-corrected chi connectivity index (χ2v) is 6.44. The van der Waals surface area contributed by atoms with Gasteiger partial charge in [-0.3, -0.25) is 0 Å². The second-order valence-electron chi connectivity index (χ2n) is 4.11. The Morgan fingerprint density at radius 3 is 2.20 bits per heavy atom. The van der Waals surface area contributed by atoms with E-state index in [0.29, 0.717) is 13.2 Å². The van der Waals surface area contributed by atoms with Crippen LogP contribution in [-0.4, -0.2) is 32.9 Å². The Balaban J connectivity index is 3.47. The lowest BCUT2D eigenvalue weighted by molar-refractivity contribution is 0.0762. The number of hydrogen-bond acceptors (Lipinski definition) is 3. The van der Waals surface area contributed by atoms with Crippen molar-refractivity contribution in [2.75, 3.05) is 13.2 Å². The van der Waals surface area contributed by atoms with E-state index in [0.717, 1.165) is 12.8 Å². The van der Waals surface area contributed by atoms with Gasteiger partial charge in [-0.2, -0.15) is 0 Å². The Morgan fingerprint density at radius 1 is 1.13 bits per heavy atom. The highest BCUT2D eigenvalue weighted by Crippen LogP contribution is 1.98. The molecule has 0 bridgehead atoms. The summed E-state index contributed by atoms with van der Waals surface area (Å²) in [5, 5.41) is -0.357. The molecule has 0 aromatic carbocycles. The molecule has 15 heavy (non-hydrogen) atoms. The SMILES string of the molecule is CC(C)OCCCCNS(=O)(=O)C(C)C. The van der Waals surface area contributed by atoms with Crippen LogP contribution in [0.15, 0.2) is 0 Å². The molecular weight excluding hydrogens is 214 g/mol. The molecule has 0 aromatic rings. The van der Waals surface area contributed by atoms with E-state index in [-0.39, 0.29) is 11.4 Å². The third kappa shape index (κ3) is 7.76. The van der Waals surface area contributed by atoms with E-state index in [2.05, 4.69) is 4.72 Å². The number of unbranched alkanes of at least 4 members (excludes halogenated alkanes) is 1. The Bertz CT molecular complexity index is 247. The van der Waals surface area contributed by atoms with Crippen LogP contribution in [0.3, 0.4) is 0 Å². The highest BCUT2D eigenvalue weighted by atomic mass is 32.2. The molecule has 0 aliphatic heterocycles. The van der Waals surface area contributed by atoms with Crippen molar-refractivity contribution in [2.45, 2.75) is 51.9 Å². The molecule has 0 aliphatic carbocycles. The Morgan fingerprint density at radius 2 is 1.73 bits per heavy atom. The van der Waals surface area contributed by atoms with Crippen molar-refractivity contribution >= 4 is 10.0 Å². The third-order valence-electron chi connectivity index (χ3n) is 1.95. The molecule has 0 saturated carbocycles. The van der Waals surface area contributed by atoms with Crippen molar-refractivity contribution in [3.05, 3.63) is 0 Å². The lowest BCUT2D eigenvalue weighted by Crippen LogP contribution is -2.31. The number of rotatable bonds is 8. The van der Waals surface area contributed by atoms with Gasteiger partial charge >= 0.3 is 0 Å². The van der Waals surface area contributed by atoms with Crippen LogP contribution in [0.1, 0.15) is 40.5 Å². The second kappa shape index (κ2) is 7.19. The smallest absolute Gasteiger partial charge is 0.213 e. The van der Waals surface area contributed by atoms with Gasteiger partial charge in [0.2, 0.25) is 10.0 Å². The molecular formula is C10H23NO3S. The molecule has 1 N–H and O–H groups in total.